The summed E-state index contributed by atoms with van der Waals surface area (Å²) >= 11 is 0. The molecule has 0 fully saturated rings. The van der Waals surface area contributed by atoms with Gasteiger partial charge in [0.25, 0.3) is 0 Å². The molecule has 0 aliphatic carbocycles. The molecule has 0 radical (unpaired) electrons. The predicted molar refractivity (Wildman–Crippen MR) is 51.7 cm³/mol. The summed E-state index contributed by atoms with van der Waals surface area (Å²) < 4.78 is 12.9. The number of halogens is 1. The van der Waals surface area contributed by atoms with Crippen LogP contribution in [0.15, 0.2) is 18.2 Å². The van der Waals surface area contributed by atoms with E-state index in [1.165, 1.54) is 6.07 Å². The molecule has 76 valence electrons. The van der Waals surface area contributed by atoms with Gasteiger partial charge in [-0.2, -0.15) is 0 Å². The molecule has 1 N–H and O–H groups in total. The Balaban J connectivity index is 2.51. The Morgan fingerprint density at radius 2 is 2.21 bits per heavy atom. The number of benzene rings is 1. The number of aryl methyl sites for hydroxylation is 2. The van der Waals surface area contributed by atoms with Crippen molar-refractivity contribution in [3.63, 3.8) is 0 Å². The molecule has 1 rings (SSSR count). The van der Waals surface area contributed by atoms with Gasteiger partial charge in [-0.15, -0.1) is 0 Å². The van der Waals surface area contributed by atoms with Crippen LogP contribution in [0.1, 0.15) is 24.0 Å². The molecule has 0 heterocycles. The van der Waals surface area contributed by atoms with E-state index in [1.807, 2.05) is 0 Å². The van der Waals surface area contributed by atoms with Crippen molar-refractivity contribution >= 4 is 5.97 Å². The lowest BCUT2D eigenvalue weighted by atomic mass is 10.1. The predicted octanol–water partition coefficient (Wildman–Crippen LogP) is 2.54. The van der Waals surface area contributed by atoms with Crippen LogP contribution in [0.3, 0.4) is 0 Å². The average molecular weight is 196 g/mol. The quantitative estimate of drug-likeness (QED) is 0.803. The number of rotatable bonds is 4. The van der Waals surface area contributed by atoms with Crippen molar-refractivity contribution in [3.05, 3.63) is 35.1 Å². The van der Waals surface area contributed by atoms with Crippen molar-refractivity contribution in [2.24, 2.45) is 0 Å². The van der Waals surface area contributed by atoms with Gasteiger partial charge in [0, 0.05) is 6.42 Å². The Bertz CT molecular complexity index is 334. The minimum Gasteiger partial charge on any atom is -0.481 e. The van der Waals surface area contributed by atoms with Crippen LogP contribution in [0, 0.1) is 12.7 Å². The summed E-state index contributed by atoms with van der Waals surface area (Å²) in [5.41, 5.74) is 1.60. The van der Waals surface area contributed by atoms with Crippen molar-refractivity contribution in [3.8, 4) is 0 Å². The summed E-state index contributed by atoms with van der Waals surface area (Å²) in [4.78, 5) is 10.3. The van der Waals surface area contributed by atoms with Gasteiger partial charge >= 0.3 is 5.97 Å². The first-order valence-corrected chi connectivity index (χ1v) is 4.56. The van der Waals surface area contributed by atoms with Crippen LogP contribution < -0.4 is 0 Å². The van der Waals surface area contributed by atoms with Gasteiger partial charge in [-0.05, 0) is 37.0 Å². The van der Waals surface area contributed by atoms with Gasteiger partial charge in [0.15, 0.2) is 0 Å². The number of aliphatic carboxylic acids is 1. The normalized spacial score (nSPS) is 10.1. The van der Waals surface area contributed by atoms with E-state index in [1.54, 1.807) is 19.1 Å². The highest BCUT2D eigenvalue weighted by molar-refractivity contribution is 5.66. The highest BCUT2D eigenvalue weighted by atomic mass is 19.1. The van der Waals surface area contributed by atoms with Crippen molar-refractivity contribution in [1.82, 2.24) is 0 Å². The van der Waals surface area contributed by atoms with Gasteiger partial charge in [0.2, 0.25) is 0 Å². The summed E-state index contributed by atoms with van der Waals surface area (Å²) in [6, 6.07) is 4.88. The highest BCUT2D eigenvalue weighted by Gasteiger charge is 2.01. The maximum atomic E-state index is 12.9. The van der Waals surface area contributed by atoms with Gasteiger partial charge in [0.05, 0.1) is 0 Å². The van der Waals surface area contributed by atoms with Crippen molar-refractivity contribution < 1.29 is 14.3 Å². The van der Waals surface area contributed by atoms with E-state index in [4.69, 9.17) is 5.11 Å². The number of carbonyl (C=O) groups is 1. The second-order valence-electron chi connectivity index (χ2n) is 3.33. The fourth-order valence-electron chi connectivity index (χ4n) is 1.31. The van der Waals surface area contributed by atoms with E-state index in [0.717, 1.165) is 5.56 Å². The Morgan fingerprint density at radius 1 is 1.50 bits per heavy atom. The Labute approximate surface area is 82.4 Å². The zero-order valence-corrected chi connectivity index (χ0v) is 8.09. The number of carboxylic acid groups (broad SMARTS) is 1. The van der Waals surface area contributed by atoms with Crippen LogP contribution in [0.5, 0.6) is 0 Å². The largest absolute Gasteiger partial charge is 0.481 e. The zero-order valence-electron chi connectivity index (χ0n) is 8.09. The summed E-state index contributed by atoms with van der Waals surface area (Å²) in [6.45, 7) is 1.70. The first-order valence-electron chi connectivity index (χ1n) is 4.56. The summed E-state index contributed by atoms with van der Waals surface area (Å²) in [5.74, 6) is -1.00. The molecule has 0 amide bonds. The molecule has 2 nitrogen and oxygen atoms in total. The number of hydrogen-bond donors (Lipinski definition) is 1. The first-order chi connectivity index (χ1) is 6.59. The number of hydrogen-bond acceptors (Lipinski definition) is 1. The molecule has 0 saturated carbocycles. The van der Waals surface area contributed by atoms with Crippen LogP contribution in [-0.2, 0) is 11.2 Å². The Morgan fingerprint density at radius 3 is 2.79 bits per heavy atom. The van der Waals surface area contributed by atoms with Crippen molar-refractivity contribution in [1.29, 1.82) is 0 Å². The van der Waals surface area contributed by atoms with E-state index in [9.17, 15) is 9.18 Å². The lowest BCUT2D eigenvalue weighted by molar-refractivity contribution is -0.137. The maximum absolute atomic E-state index is 12.9. The van der Waals surface area contributed by atoms with Gasteiger partial charge < -0.3 is 5.11 Å². The van der Waals surface area contributed by atoms with E-state index < -0.39 is 5.97 Å². The van der Waals surface area contributed by atoms with Crippen molar-refractivity contribution in [2.75, 3.05) is 0 Å². The number of carboxylic acids is 1. The molecule has 0 atom stereocenters. The molecule has 0 unspecified atom stereocenters. The molecular weight excluding hydrogens is 183 g/mol. The second-order valence-corrected chi connectivity index (χ2v) is 3.33. The van der Waals surface area contributed by atoms with Crippen LogP contribution in [0.25, 0.3) is 0 Å². The molecule has 0 saturated heterocycles. The molecule has 0 spiro atoms. The molecule has 1 aromatic rings. The van der Waals surface area contributed by atoms with E-state index >= 15 is 0 Å². The van der Waals surface area contributed by atoms with E-state index in [-0.39, 0.29) is 12.2 Å². The van der Waals surface area contributed by atoms with Crippen LogP contribution in [-0.4, -0.2) is 11.1 Å². The second kappa shape index (κ2) is 4.74. The molecule has 14 heavy (non-hydrogen) atoms. The standard InChI is InChI=1S/C11H13FO2/c1-8-7-9(5-6-10(8)12)3-2-4-11(13)14/h5-7H,2-4H2,1H3,(H,13,14). The summed E-state index contributed by atoms with van der Waals surface area (Å²) in [6.07, 6.45) is 1.45. The summed E-state index contributed by atoms with van der Waals surface area (Å²) in [7, 11) is 0. The smallest absolute Gasteiger partial charge is 0.303 e. The van der Waals surface area contributed by atoms with Crippen molar-refractivity contribution in [2.45, 2.75) is 26.2 Å². The molecule has 0 aliphatic heterocycles. The zero-order chi connectivity index (χ0) is 10.6. The molecule has 3 heteroatoms. The maximum Gasteiger partial charge on any atom is 0.303 e. The van der Waals surface area contributed by atoms with E-state index in [2.05, 4.69) is 0 Å². The Hall–Kier alpha value is -1.38. The molecular formula is C11H13FO2. The minimum absolute atomic E-state index is 0.163. The van der Waals surface area contributed by atoms with Gasteiger partial charge in [-0.25, -0.2) is 4.39 Å². The van der Waals surface area contributed by atoms with Gasteiger partial charge in [0.1, 0.15) is 5.82 Å². The topological polar surface area (TPSA) is 37.3 Å². The minimum atomic E-state index is -0.788. The molecule has 0 aromatic heterocycles. The first kappa shape index (κ1) is 10.7. The third-order valence-electron chi connectivity index (χ3n) is 2.08. The Kier molecular flexibility index (Phi) is 3.63. The van der Waals surface area contributed by atoms with Gasteiger partial charge in [-0.1, -0.05) is 12.1 Å². The fraction of sp³-hybridized carbons (Fsp3) is 0.364. The average Bonchev–Trinajstić information content (AvgIpc) is 2.10. The van der Waals surface area contributed by atoms with E-state index in [0.29, 0.717) is 18.4 Å². The molecule has 1 aromatic carbocycles. The highest BCUT2D eigenvalue weighted by Crippen LogP contribution is 2.11. The van der Waals surface area contributed by atoms with Crippen LogP contribution >= 0.6 is 0 Å². The lowest BCUT2D eigenvalue weighted by Gasteiger charge is -2.02. The SMILES string of the molecule is Cc1cc(CCCC(=O)O)ccc1F. The monoisotopic (exact) mass is 196 g/mol. The lowest BCUT2D eigenvalue weighted by Crippen LogP contribution is -1.96. The van der Waals surface area contributed by atoms with Crippen LogP contribution in [0.4, 0.5) is 4.39 Å². The molecule has 0 aliphatic rings. The molecule has 0 bridgehead atoms. The third kappa shape index (κ3) is 3.17. The van der Waals surface area contributed by atoms with Crippen LogP contribution in [0.2, 0.25) is 0 Å². The summed E-state index contributed by atoms with van der Waals surface area (Å²) in [5, 5.41) is 8.43. The fourth-order valence-corrected chi connectivity index (χ4v) is 1.31. The van der Waals surface area contributed by atoms with Gasteiger partial charge in [-0.3, -0.25) is 4.79 Å². The third-order valence-corrected chi connectivity index (χ3v) is 2.08.